The van der Waals surface area contributed by atoms with Gasteiger partial charge in [0.25, 0.3) is 11.8 Å². The van der Waals surface area contributed by atoms with Crippen LogP contribution < -0.4 is 5.48 Å². The van der Waals surface area contributed by atoms with Crippen LogP contribution in [0.5, 0.6) is 0 Å². The molecular formula is C28H26Cl2N2O7. The predicted octanol–water partition coefficient (Wildman–Crippen LogP) is 3.96. The zero-order valence-electron chi connectivity index (χ0n) is 20.8. The molecule has 1 aliphatic heterocycles. The number of nitrogens with zero attached hydrogens (tertiary/aromatic N) is 1. The molecule has 0 aromatic heterocycles. The Hall–Kier alpha value is -3.47. The van der Waals surface area contributed by atoms with Crippen LogP contribution in [0.25, 0.3) is 0 Å². The van der Waals surface area contributed by atoms with Crippen molar-refractivity contribution in [3.05, 3.63) is 105 Å². The number of hydrogen-bond acceptors (Lipinski definition) is 6. The Kier molecular flexibility index (Phi) is 8.89. The van der Waals surface area contributed by atoms with Gasteiger partial charge in [0.15, 0.2) is 0 Å². The number of fused-ring (bicyclic) bond motifs is 1. The molecule has 0 bridgehead atoms. The molecular weight excluding hydrogens is 547 g/mol. The lowest BCUT2D eigenvalue weighted by molar-refractivity contribution is -0.138. The molecule has 11 heteroatoms. The monoisotopic (exact) mass is 572 g/mol. The minimum absolute atomic E-state index is 0.0726. The van der Waals surface area contributed by atoms with Crippen molar-refractivity contribution in [2.75, 3.05) is 6.61 Å². The van der Waals surface area contributed by atoms with Gasteiger partial charge in [-0.15, -0.1) is 0 Å². The number of carbonyl (C=O) groups excluding carboxylic acids is 2. The number of benzene rings is 3. The van der Waals surface area contributed by atoms with Crippen molar-refractivity contribution in [3.63, 3.8) is 0 Å². The van der Waals surface area contributed by atoms with E-state index < -0.39 is 48.5 Å². The van der Waals surface area contributed by atoms with Crippen molar-refractivity contribution in [2.24, 2.45) is 0 Å². The van der Waals surface area contributed by atoms with Crippen molar-refractivity contribution in [1.82, 2.24) is 10.4 Å². The topological polar surface area (TPSA) is 136 Å². The SMILES string of the molecule is C[C@H](O)[C@H](CO)N1C(=O)c2ccccc2[C@H](C(=O)NOCc2cccc(C(=O)O)c2)[C@H]1c1ccc(Cl)cc1Cl. The van der Waals surface area contributed by atoms with Crippen LogP contribution in [0.2, 0.25) is 10.0 Å². The van der Waals surface area contributed by atoms with Crippen molar-refractivity contribution < 1.29 is 34.5 Å². The van der Waals surface area contributed by atoms with Crippen LogP contribution in [0.4, 0.5) is 0 Å². The maximum absolute atomic E-state index is 13.8. The number of aliphatic hydroxyl groups excluding tert-OH is 2. The number of hydroxylamine groups is 1. The van der Waals surface area contributed by atoms with Crippen LogP contribution in [-0.4, -0.2) is 56.8 Å². The second-order valence-corrected chi connectivity index (χ2v) is 9.98. The third-order valence-corrected chi connectivity index (χ3v) is 7.19. The number of nitrogens with one attached hydrogen (secondary N) is 1. The van der Waals surface area contributed by atoms with E-state index in [1.54, 1.807) is 48.5 Å². The summed E-state index contributed by atoms with van der Waals surface area (Å²) < 4.78 is 0. The zero-order chi connectivity index (χ0) is 28.3. The molecule has 0 radical (unpaired) electrons. The fourth-order valence-corrected chi connectivity index (χ4v) is 5.31. The van der Waals surface area contributed by atoms with Gasteiger partial charge in [0, 0.05) is 15.6 Å². The van der Waals surface area contributed by atoms with Crippen molar-refractivity contribution in [1.29, 1.82) is 0 Å². The van der Waals surface area contributed by atoms with E-state index >= 15 is 0 Å². The van der Waals surface area contributed by atoms with Gasteiger partial charge in [-0.1, -0.05) is 59.6 Å². The number of carbonyl (C=O) groups is 3. The number of rotatable bonds is 9. The Labute approximate surface area is 234 Å². The molecule has 0 unspecified atom stereocenters. The number of aliphatic hydroxyl groups is 2. The van der Waals surface area contributed by atoms with E-state index in [0.29, 0.717) is 21.7 Å². The second kappa shape index (κ2) is 12.1. The molecule has 1 heterocycles. The molecule has 2 amide bonds. The molecule has 4 atom stereocenters. The lowest BCUT2D eigenvalue weighted by Gasteiger charge is -2.46. The first-order valence-electron chi connectivity index (χ1n) is 12.0. The van der Waals surface area contributed by atoms with E-state index in [4.69, 9.17) is 28.0 Å². The first-order valence-corrected chi connectivity index (χ1v) is 12.8. The molecule has 0 saturated carbocycles. The minimum Gasteiger partial charge on any atom is -0.478 e. The summed E-state index contributed by atoms with van der Waals surface area (Å²) in [6, 6.07) is 15.2. The van der Waals surface area contributed by atoms with Gasteiger partial charge < -0.3 is 20.2 Å². The van der Waals surface area contributed by atoms with Gasteiger partial charge in [-0.3, -0.25) is 14.4 Å². The van der Waals surface area contributed by atoms with Crippen LogP contribution in [0.3, 0.4) is 0 Å². The number of carboxylic acids is 1. The first-order chi connectivity index (χ1) is 18.6. The van der Waals surface area contributed by atoms with Gasteiger partial charge in [0.05, 0.1) is 42.9 Å². The molecule has 4 rings (SSSR count). The van der Waals surface area contributed by atoms with E-state index in [-0.39, 0.29) is 22.8 Å². The number of hydrogen-bond donors (Lipinski definition) is 4. The maximum atomic E-state index is 13.8. The van der Waals surface area contributed by atoms with Gasteiger partial charge in [0.1, 0.15) is 0 Å². The summed E-state index contributed by atoms with van der Waals surface area (Å²) in [5, 5.41) is 30.4. The molecule has 9 nitrogen and oxygen atoms in total. The number of aromatic carboxylic acids is 1. The van der Waals surface area contributed by atoms with Crippen molar-refractivity contribution in [2.45, 2.75) is 37.6 Å². The molecule has 4 N–H and O–H groups in total. The molecule has 39 heavy (non-hydrogen) atoms. The van der Waals surface area contributed by atoms with Gasteiger partial charge in [-0.2, -0.15) is 0 Å². The average molecular weight is 573 g/mol. The molecule has 0 fully saturated rings. The Morgan fingerprint density at radius 2 is 1.79 bits per heavy atom. The average Bonchev–Trinajstić information content (AvgIpc) is 2.90. The van der Waals surface area contributed by atoms with Crippen molar-refractivity contribution in [3.8, 4) is 0 Å². The van der Waals surface area contributed by atoms with Gasteiger partial charge in [-0.05, 0) is 53.9 Å². The van der Waals surface area contributed by atoms with Crippen LogP contribution in [0, 0.1) is 0 Å². The standard InChI is InChI=1S/C28H26Cl2N2O7/c1-15(34)23(13-33)32-25(21-10-9-18(29)12-22(21)30)24(19-7-2-3-8-20(19)27(32)36)26(35)31-39-14-16-5-4-6-17(11-16)28(37)38/h2-12,15,23-25,33-34H,13-14H2,1H3,(H,31,35)(H,37,38)/t15-,23-,24-,25+/m0/s1. The third kappa shape index (κ3) is 5.93. The lowest BCUT2D eigenvalue weighted by atomic mass is 9.78. The zero-order valence-corrected chi connectivity index (χ0v) is 22.3. The van der Waals surface area contributed by atoms with Crippen molar-refractivity contribution >= 4 is 41.0 Å². The molecule has 3 aromatic carbocycles. The van der Waals surface area contributed by atoms with Crippen LogP contribution in [-0.2, 0) is 16.2 Å². The fraction of sp³-hybridized carbons (Fsp3) is 0.250. The quantitative estimate of drug-likeness (QED) is 0.285. The van der Waals surface area contributed by atoms with Gasteiger partial charge in [-0.25, -0.2) is 10.3 Å². The van der Waals surface area contributed by atoms with Crippen LogP contribution in [0.15, 0.2) is 66.7 Å². The smallest absolute Gasteiger partial charge is 0.335 e. The number of carboxylic acid groups (broad SMARTS) is 1. The van der Waals surface area contributed by atoms with Gasteiger partial charge >= 0.3 is 5.97 Å². The lowest BCUT2D eigenvalue weighted by Crippen LogP contribution is -2.55. The number of amides is 2. The summed E-state index contributed by atoms with van der Waals surface area (Å²) in [6.45, 7) is 0.750. The van der Waals surface area contributed by atoms with E-state index in [1.165, 1.54) is 30.0 Å². The maximum Gasteiger partial charge on any atom is 0.335 e. The molecule has 0 saturated heterocycles. The minimum atomic E-state index is -1.14. The normalized spacial score (nSPS) is 18.3. The Morgan fingerprint density at radius 1 is 1.05 bits per heavy atom. The highest BCUT2D eigenvalue weighted by atomic mass is 35.5. The number of halogens is 2. The largest absolute Gasteiger partial charge is 0.478 e. The fourth-order valence-electron chi connectivity index (χ4n) is 4.79. The second-order valence-electron chi connectivity index (χ2n) is 9.14. The molecule has 204 valence electrons. The molecule has 0 aliphatic carbocycles. The van der Waals surface area contributed by atoms with E-state index in [1.807, 2.05) is 0 Å². The Balaban J connectivity index is 1.75. The summed E-state index contributed by atoms with van der Waals surface area (Å²) in [4.78, 5) is 45.5. The van der Waals surface area contributed by atoms with Crippen LogP contribution >= 0.6 is 23.2 Å². The highest BCUT2D eigenvalue weighted by molar-refractivity contribution is 6.35. The summed E-state index contributed by atoms with van der Waals surface area (Å²) in [5.41, 5.74) is 4.04. The Morgan fingerprint density at radius 3 is 2.46 bits per heavy atom. The predicted molar refractivity (Wildman–Crippen MR) is 143 cm³/mol. The van der Waals surface area contributed by atoms with E-state index in [2.05, 4.69) is 5.48 Å². The molecule has 3 aromatic rings. The highest BCUT2D eigenvalue weighted by Crippen LogP contribution is 2.46. The highest BCUT2D eigenvalue weighted by Gasteiger charge is 2.48. The van der Waals surface area contributed by atoms with Crippen LogP contribution in [0.1, 0.15) is 56.3 Å². The Bertz CT molecular complexity index is 1400. The summed E-state index contributed by atoms with van der Waals surface area (Å²) in [7, 11) is 0. The molecule has 0 spiro atoms. The van der Waals surface area contributed by atoms with Gasteiger partial charge in [0.2, 0.25) is 0 Å². The summed E-state index contributed by atoms with van der Waals surface area (Å²) >= 11 is 12.7. The summed E-state index contributed by atoms with van der Waals surface area (Å²) in [6.07, 6.45) is -1.14. The van der Waals surface area contributed by atoms with E-state index in [0.717, 1.165) is 0 Å². The summed E-state index contributed by atoms with van der Waals surface area (Å²) in [5.74, 6) is -3.26. The third-order valence-electron chi connectivity index (χ3n) is 6.63. The molecule has 1 aliphatic rings. The van der Waals surface area contributed by atoms with E-state index in [9.17, 15) is 29.7 Å². The first kappa shape index (κ1) is 28.5.